The Bertz CT molecular complexity index is 961. The lowest BCUT2D eigenvalue weighted by Crippen LogP contribution is -1.87. The summed E-state index contributed by atoms with van der Waals surface area (Å²) in [6, 6.07) is 24.5. The largest absolute Gasteiger partial charge is 0.0616 e. The first-order chi connectivity index (χ1) is 10.2. The maximum absolute atomic E-state index is 2.33. The molecule has 0 aliphatic heterocycles. The highest BCUT2D eigenvalue weighted by molar-refractivity contribution is 6.17. The lowest BCUT2D eigenvalue weighted by Gasteiger charge is -2.10. The molecule has 0 N–H and O–H groups in total. The lowest BCUT2D eigenvalue weighted by atomic mass is 9.94. The van der Waals surface area contributed by atoms with Crippen LogP contribution in [0.25, 0.3) is 32.3 Å². The zero-order chi connectivity index (χ0) is 14.4. The van der Waals surface area contributed by atoms with Gasteiger partial charge in [0, 0.05) is 0 Å². The first kappa shape index (κ1) is 12.4. The SMILES string of the molecule is CC(C)c1ccc2c(ccc3c4ccccc4ccc23)c1. The minimum Gasteiger partial charge on any atom is -0.0616 e. The summed E-state index contributed by atoms with van der Waals surface area (Å²) in [4.78, 5) is 0. The molecule has 0 bridgehead atoms. The summed E-state index contributed by atoms with van der Waals surface area (Å²) in [7, 11) is 0. The average molecular weight is 270 g/mol. The molecule has 0 amide bonds. The molecule has 0 aliphatic carbocycles. The molecule has 0 saturated heterocycles. The van der Waals surface area contributed by atoms with E-state index >= 15 is 0 Å². The molecule has 21 heavy (non-hydrogen) atoms. The molecule has 4 aromatic rings. The van der Waals surface area contributed by atoms with Crippen LogP contribution >= 0.6 is 0 Å². The van der Waals surface area contributed by atoms with E-state index in [1.165, 1.54) is 37.9 Å². The molecule has 4 aromatic carbocycles. The molecule has 0 fully saturated rings. The maximum Gasteiger partial charge on any atom is -0.00990 e. The van der Waals surface area contributed by atoms with Gasteiger partial charge in [0.2, 0.25) is 0 Å². The summed E-state index contributed by atoms with van der Waals surface area (Å²) in [5.41, 5.74) is 1.41. The smallest absolute Gasteiger partial charge is 0.00990 e. The summed E-state index contributed by atoms with van der Waals surface area (Å²) in [5, 5.41) is 8.03. The van der Waals surface area contributed by atoms with Crippen molar-refractivity contribution in [3.63, 3.8) is 0 Å². The predicted molar refractivity (Wildman–Crippen MR) is 93.0 cm³/mol. The summed E-state index contributed by atoms with van der Waals surface area (Å²) < 4.78 is 0. The fourth-order valence-corrected chi connectivity index (χ4v) is 3.21. The fourth-order valence-electron chi connectivity index (χ4n) is 3.21. The van der Waals surface area contributed by atoms with E-state index in [2.05, 4.69) is 80.6 Å². The van der Waals surface area contributed by atoms with Crippen molar-refractivity contribution in [1.29, 1.82) is 0 Å². The van der Waals surface area contributed by atoms with E-state index in [0.717, 1.165) is 0 Å². The molecular formula is C21H18. The third-order valence-electron chi connectivity index (χ3n) is 4.43. The van der Waals surface area contributed by atoms with Crippen LogP contribution in [0.3, 0.4) is 0 Å². The zero-order valence-corrected chi connectivity index (χ0v) is 12.4. The Labute approximate surface area is 125 Å². The van der Waals surface area contributed by atoms with E-state index in [0.29, 0.717) is 5.92 Å². The third-order valence-corrected chi connectivity index (χ3v) is 4.43. The van der Waals surface area contributed by atoms with Crippen molar-refractivity contribution in [2.24, 2.45) is 0 Å². The van der Waals surface area contributed by atoms with Gasteiger partial charge in [0.05, 0.1) is 0 Å². The van der Waals surface area contributed by atoms with Crippen molar-refractivity contribution >= 4 is 32.3 Å². The predicted octanol–water partition coefficient (Wildman–Crippen LogP) is 6.27. The second-order valence-electron chi connectivity index (χ2n) is 6.08. The molecule has 0 saturated carbocycles. The maximum atomic E-state index is 2.33. The minimum atomic E-state index is 0.571. The number of fused-ring (bicyclic) bond motifs is 5. The monoisotopic (exact) mass is 270 g/mol. The van der Waals surface area contributed by atoms with Crippen LogP contribution in [0, 0.1) is 0 Å². The molecule has 0 heterocycles. The van der Waals surface area contributed by atoms with Gasteiger partial charge in [0.1, 0.15) is 0 Å². The molecule has 0 nitrogen and oxygen atoms in total. The number of rotatable bonds is 1. The Balaban J connectivity index is 2.12. The van der Waals surface area contributed by atoms with Crippen molar-refractivity contribution in [3.05, 3.63) is 72.3 Å². The van der Waals surface area contributed by atoms with Crippen LogP contribution < -0.4 is 0 Å². The second-order valence-corrected chi connectivity index (χ2v) is 6.08. The molecule has 0 spiro atoms. The average Bonchev–Trinajstić information content (AvgIpc) is 2.53. The van der Waals surface area contributed by atoms with Crippen LogP contribution in [0.5, 0.6) is 0 Å². The first-order valence-electron chi connectivity index (χ1n) is 7.58. The molecular weight excluding hydrogens is 252 g/mol. The van der Waals surface area contributed by atoms with Crippen LogP contribution in [0.1, 0.15) is 25.3 Å². The second kappa shape index (κ2) is 4.60. The van der Waals surface area contributed by atoms with Crippen LogP contribution in [0.4, 0.5) is 0 Å². The first-order valence-corrected chi connectivity index (χ1v) is 7.58. The highest BCUT2D eigenvalue weighted by Gasteiger charge is 2.06. The van der Waals surface area contributed by atoms with E-state index in [-0.39, 0.29) is 0 Å². The summed E-state index contributed by atoms with van der Waals surface area (Å²) in [6.07, 6.45) is 0. The standard InChI is InChI=1S/C21H18/c1-14(2)16-8-10-19-17(13-16)9-12-20-18-6-4-3-5-15(18)7-11-21(19)20/h3-14H,1-2H3. The molecule has 0 aromatic heterocycles. The zero-order valence-electron chi connectivity index (χ0n) is 12.4. The van der Waals surface area contributed by atoms with Crippen LogP contribution in [0.15, 0.2) is 66.7 Å². The highest BCUT2D eigenvalue weighted by Crippen LogP contribution is 2.32. The topological polar surface area (TPSA) is 0 Å². The van der Waals surface area contributed by atoms with Gasteiger partial charge in [-0.15, -0.1) is 0 Å². The van der Waals surface area contributed by atoms with E-state index in [4.69, 9.17) is 0 Å². The van der Waals surface area contributed by atoms with Gasteiger partial charge >= 0.3 is 0 Å². The van der Waals surface area contributed by atoms with Gasteiger partial charge in [-0.1, -0.05) is 80.6 Å². The van der Waals surface area contributed by atoms with Gasteiger partial charge in [0.15, 0.2) is 0 Å². The number of hydrogen-bond acceptors (Lipinski definition) is 0. The highest BCUT2D eigenvalue weighted by atomic mass is 14.1. The van der Waals surface area contributed by atoms with Crippen molar-refractivity contribution in [2.75, 3.05) is 0 Å². The van der Waals surface area contributed by atoms with Crippen molar-refractivity contribution in [2.45, 2.75) is 19.8 Å². The van der Waals surface area contributed by atoms with Crippen LogP contribution in [-0.2, 0) is 0 Å². The normalized spacial score (nSPS) is 11.8. The van der Waals surface area contributed by atoms with E-state index in [1.807, 2.05) is 0 Å². The van der Waals surface area contributed by atoms with E-state index < -0.39 is 0 Å². The van der Waals surface area contributed by atoms with Crippen molar-refractivity contribution in [1.82, 2.24) is 0 Å². The van der Waals surface area contributed by atoms with Crippen molar-refractivity contribution in [3.8, 4) is 0 Å². The van der Waals surface area contributed by atoms with Crippen LogP contribution in [0.2, 0.25) is 0 Å². The summed E-state index contributed by atoms with van der Waals surface area (Å²) in [5.74, 6) is 0.571. The van der Waals surface area contributed by atoms with Gasteiger partial charge in [-0.2, -0.15) is 0 Å². The van der Waals surface area contributed by atoms with Gasteiger partial charge in [-0.3, -0.25) is 0 Å². The molecule has 0 unspecified atom stereocenters. The molecule has 0 radical (unpaired) electrons. The molecule has 0 aliphatic rings. The van der Waals surface area contributed by atoms with Gasteiger partial charge in [-0.05, 0) is 43.8 Å². The fraction of sp³-hybridized carbons (Fsp3) is 0.143. The van der Waals surface area contributed by atoms with Gasteiger partial charge in [-0.25, -0.2) is 0 Å². The Morgan fingerprint density at radius 3 is 1.95 bits per heavy atom. The van der Waals surface area contributed by atoms with E-state index in [1.54, 1.807) is 0 Å². The quantitative estimate of drug-likeness (QED) is 0.357. The van der Waals surface area contributed by atoms with Gasteiger partial charge < -0.3 is 0 Å². The minimum absolute atomic E-state index is 0.571. The molecule has 102 valence electrons. The Kier molecular flexibility index (Phi) is 2.71. The summed E-state index contributed by atoms with van der Waals surface area (Å²) in [6.45, 7) is 4.49. The van der Waals surface area contributed by atoms with E-state index in [9.17, 15) is 0 Å². The Hall–Kier alpha value is -2.34. The Morgan fingerprint density at radius 2 is 1.19 bits per heavy atom. The van der Waals surface area contributed by atoms with Crippen LogP contribution in [-0.4, -0.2) is 0 Å². The van der Waals surface area contributed by atoms with Gasteiger partial charge in [0.25, 0.3) is 0 Å². The molecule has 4 rings (SSSR count). The number of hydrogen-bond donors (Lipinski definition) is 0. The molecule has 0 heteroatoms. The molecule has 0 atom stereocenters. The van der Waals surface area contributed by atoms with Crippen molar-refractivity contribution < 1.29 is 0 Å². The number of benzene rings is 4. The lowest BCUT2D eigenvalue weighted by molar-refractivity contribution is 0.869. The Morgan fingerprint density at radius 1 is 0.571 bits per heavy atom. The third kappa shape index (κ3) is 1.91. The summed E-state index contributed by atoms with van der Waals surface area (Å²) >= 11 is 0.